The Morgan fingerprint density at radius 2 is 2.24 bits per heavy atom. The molecule has 0 aliphatic carbocycles. The highest BCUT2D eigenvalue weighted by Crippen LogP contribution is 2.26. The van der Waals surface area contributed by atoms with Gasteiger partial charge in [0.25, 0.3) is 5.91 Å². The minimum Gasteiger partial charge on any atom is -0.507 e. The Balaban J connectivity index is 1.77. The predicted octanol–water partition coefficient (Wildman–Crippen LogP) is 1.25. The standard InChI is InChI=1S/C16H22N2O3/c1-11-3-4-12(14(19)9-11)16(20)17(2)13-5-6-18-7-8-21-15(13)10-18/h3-4,9,13,15,19H,5-8,10H2,1-2H3. The Hall–Kier alpha value is -1.59. The second-order valence-corrected chi connectivity index (χ2v) is 6.00. The highest BCUT2D eigenvalue weighted by atomic mass is 16.5. The summed E-state index contributed by atoms with van der Waals surface area (Å²) in [4.78, 5) is 16.7. The van der Waals surface area contributed by atoms with Crippen molar-refractivity contribution in [3.8, 4) is 5.75 Å². The molecule has 3 atom stereocenters. The van der Waals surface area contributed by atoms with Gasteiger partial charge in [0.1, 0.15) is 5.75 Å². The molecule has 2 bridgehead atoms. The minimum atomic E-state index is -0.139. The summed E-state index contributed by atoms with van der Waals surface area (Å²) >= 11 is 0. The molecule has 0 saturated carbocycles. The SMILES string of the molecule is Cc1ccc(C(=O)N(C)C2CCN3CCOC2C3)c(O)c1. The lowest BCUT2D eigenvalue weighted by Crippen LogP contribution is -2.59. The fourth-order valence-electron chi connectivity index (χ4n) is 3.27. The molecular formula is C16H22N2O3. The topological polar surface area (TPSA) is 53.0 Å². The van der Waals surface area contributed by atoms with E-state index in [1.165, 1.54) is 0 Å². The number of fused-ring (bicyclic) bond motifs is 2. The maximum atomic E-state index is 12.6. The first-order chi connectivity index (χ1) is 10.1. The third kappa shape index (κ3) is 2.76. The number of aryl methyl sites for hydroxylation is 1. The number of hydrogen-bond acceptors (Lipinski definition) is 4. The third-order valence-electron chi connectivity index (χ3n) is 4.55. The molecule has 5 nitrogen and oxygen atoms in total. The van der Waals surface area contributed by atoms with Gasteiger partial charge >= 0.3 is 0 Å². The number of phenolic OH excluding ortho intramolecular Hbond substituents is 1. The largest absolute Gasteiger partial charge is 0.507 e. The predicted molar refractivity (Wildman–Crippen MR) is 79.5 cm³/mol. The van der Waals surface area contributed by atoms with E-state index in [4.69, 9.17) is 4.74 Å². The first-order valence-electron chi connectivity index (χ1n) is 7.47. The van der Waals surface area contributed by atoms with Crippen LogP contribution in [0, 0.1) is 6.92 Å². The third-order valence-corrected chi connectivity index (χ3v) is 4.55. The molecule has 1 aromatic rings. The van der Waals surface area contributed by atoms with Gasteiger partial charge in [-0.15, -0.1) is 0 Å². The van der Waals surface area contributed by atoms with E-state index in [2.05, 4.69) is 4.90 Å². The normalized spacial score (nSPS) is 28.2. The van der Waals surface area contributed by atoms with Crippen LogP contribution in [-0.4, -0.2) is 66.2 Å². The Labute approximate surface area is 125 Å². The van der Waals surface area contributed by atoms with Crippen molar-refractivity contribution in [3.63, 3.8) is 0 Å². The van der Waals surface area contributed by atoms with Crippen molar-refractivity contribution >= 4 is 5.91 Å². The summed E-state index contributed by atoms with van der Waals surface area (Å²) in [7, 11) is 1.81. The number of benzene rings is 1. The van der Waals surface area contributed by atoms with Gasteiger partial charge in [0, 0.05) is 26.7 Å². The van der Waals surface area contributed by atoms with E-state index >= 15 is 0 Å². The van der Waals surface area contributed by atoms with Crippen molar-refractivity contribution < 1.29 is 14.6 Å². The van der Waals surface area contributed by atoms with Gasteiger partial charge in [-0.25, -0.2) is 0 Å². The van der Waals surface area contributed by atoms with Gasteiger partial charge in [-0.05, 0) is 31.0 Å². The number of aromatic hydroxyl groups is 1. The lowest BCUT2D eigenvalue weighted by molar-refractivity contribution is -0.0899. The van der Waals surface area contributed by atoms with Gasteiger partial charge in [0.15, 0.2) is 0 Å². The van der Waals surface area contributed by atoms with E-state index in [1.54, 1.807) is 24.1 Å². The van der Waals surface area contributed by atoms with Crippen molar-refractivity contribution in [2.45, 2.75) is 25.5 Å². The van der Waals surface area contributed by atoms with Gasteiger partial charge in [-0.3, -0.25) is 9.69 Å². The van der Waals surface area contributed by atoms with Crippen molar-refractivity contribution in [3.05, 3.63) is 29.3 Å². The lowest BCUT2D eigenvalue weighted by atomic mass is 9.98. The molecule has 3 rings (SSSR count). The number of amides is 1. The molecule has 2 fully saturated rings. The van der Waals surface area contributed by atoms with Crippen LogP contribution < -0.4 is 0 Å². The van der Waals surface area contributed by atoms with Crippen LogP contribution in [0.4, 0.5) is 0 Å². The molecule has 1 amide bonds. The molecule has 5 heteroatoms. The number of morpholine rings is 1. The highest BCUT2D eigenvalue weighted by Gasteiger charge is 2.37. The molecule has 2 saturated heterocycles. The summed E-state index contributed by atoms with van der Waals surface area (Å²) in [6.07, 6.45) is 0.994. The van der Waals surface area contributed by atoms with Crippen LogP contribution in [-0.2, 0) is 4.74 Å². The number of ether oxygens (including phenoxy) is 1. The fourth-order valence-corrected chi connectivity index (χ4v) is 3.27. The number of piperidine rings is 1. The van der Waals surface area contributed by atoms with E-state index in [0.717, 1.165) is 38.2 Å². The number of rotatable bonds is 2. The molecule has 0 radical (unpaired) electrons. The molecule has 1 aromatic carbocycles. The molecular weight excluding hydrogens is 268 g/mol. The summed E-state index contributed by atoms with van der Waals surface area (Å²) in [5.41, 5.74) is 1.30. The molecule has 2 heterocycles. The van der Waals surface area contributed by atoms with Gasteiger partial charge in [0.05, 0.1) is 24.3 Å². The fraction of sp³-hybridized carbons (Fsp3) is 0.562. The molecule has 3 unspecified atom stereocenters. The quantitative estimate of drug-likeness (QED) is 0.890. The van der Waals surface area contributed by atoms with Gasteiger partial charge in [-0.1, -0.05) is 6.07 Å². The monoisotopic (exact) mass is 290 g/mol. The number of hydrogen-bond donors (Lipinski definition) is 1. The highest BCUT2D eigenvalue weighted by molar-refractivity contribution is 5.97. The number of nitrogens with zero attached hydrogens (tertiary/aromatic N) is 2. The molecule has 21 heavy (non-hydrogen) atoms. The van der Waals surface area contributed by atoms with E-state index in [-0.39, 0.29) is 23.8 Å². The Kier molecular flexibility index (Phi) is 3.87. The minimum absolute atomic E-state index is 0.0499. The van der Waals surface area contributed by atoms with Crippen LogP contribution in [0.3, 0.4) is 0 Å². The Bertz CT molecular complexity index is 546. The van der Waals surface area contributed by atoms with E-state index < -0.39 is 0 Å². The zero-order valence-electron chi connectivity index (χ0n) is 12.6. The summed E-state index contributed by atoms with van der Waals surface area (Å²) in [5.74, 6) is -0.0889. The second kappa shape index (κ2) is 5.66. The van der Waals surface area contributed by atoms with E-state index in [1.807, 2.05) is 13.0 Å². The molecule has 0 aromatic heterocycles. The zero-order valence-corrected chi connectivity index (χ0v) is 12.6. The second-order valence-electron chi connectivity index (χ2n) is 6.00. The number of carbonyl (C=O) groups excluding carboxylic acids is 1. The maximum Gasteiger partial charge on any atom is 0.257 e. The van der Waals surface area contributed by atoms with Crippen molar-refractivity contribution in [1.82, 2.24) is 9.80 Å². The summed E-state index contributed by atoms with van der Waals surface area (Å²) in [6, 6.07) is 5.25. The van der Waals surface area contributed by atoms with Gasteiger partial charge < -0.3 is 14.7 Å². The molecule has 0 spiro atoms. The van der Waals surface area contributed by atoms with Crippen molar-refractivity contribution in [1.29, 1.82) is 0 Å². The van der Waals surface area contributed by atoms with Crippen LogP contribution in [0.1, 0.15) is 22.3 Å². The van der Waals surface area contributed by atoms with Crippen LogP contribution in [0.2, 0.25) is 0 Å². The Morgan fingerprint density at radius 3 is 3.00 bits per heavy atom. The average Bonchev–Trinajstić information content (AvgIpc) is 2.46. The first-order valence-corrected chi connectivity index (χ1v) is 7.47. The number of likely N-dealkylation sites (N-methyl/N-ethyl adjacent to an activating group) is 1. The van der Waals surface area contributed by atoms with Crippen LogP contribution in [0.5, 0.6) is 5.75 Å². The lowest BCUT2D eigenvalue weighted by Gasteiger charge is -2.45. The van der Waals surface area contributed by atoms with Crippen LogP contribution in [0.25, 0.3) is 0 Å². The molecule has 2 aliphatic heterocycles. The first kappa shape index (κ1) is 14.4. The Morgan fingerprint density at radius 1 is 1.43 bits per heavy atom. The van der Waals surface area contributed by atoms with Crippen molar-refractivity contribution in [2.75, 3.05) is 33.3 Å². The molecule has 1 N–H and O–H groups in total. The number of phenols is 1. The summed E-state index contributed by atoms with van der Waals surface area (Å²) in [5, 5.41) is 10.00. The molecule has 2 aliphatic rings. The van der Waals surface area contributed by atoms with E-state index in [9.17, 15) is 9.90 Å². The van der Waals surface area contributed by atoms with Crippen LogP contribution >= 0.6 is 0 Å². The molecule has 114 valence electrons. The smallest absolute Gasteiger partial charge is 0.257 e. The summed E-state index contributed by atoms with van der Waals surface area (Å²) < 4.78 is 5.82. The maximum absolute atomic E-state index is 12.6. The van der Waals surface area contributed by atoms with Crippen LogP contribution in [0.15, 0.2) is 18.2 Å². The summed E-state index contributed by atoms with van der Waals surface area (Å²) in [6.45, 7) is 5.51. The van der Waals surface area contributed by atoms with E-state index in [0.29, 0.717) is 5.56 Å². The van der Waals surface area contributed by atoms with Crippen molar-refractivity contribution in [2.24, 2.45) is 0 Å². The average molecular weight is 290 g/mol. The van der Waals surface area contributed by atoms with Gasteiger partial charge in [0.2, 0.25) is 0 Å². The van der Waals surface area contributed by atoms with Gasteiger partial charge in [-0.2, -0.15) is 0 Å². The zero-order chi connectivity index (χ0) is 15.0. The number of carbonyl (C=O) groups is 1.